The van der Waals surface area contributed by atoms with Gasteiger partial charge in [0.05, 0.1) is 13.2 Å². The lowest BCUT2D eigenvalue weighted by atomic mass is 10.1. The third-order valence-electron chi connectivity index (χ3n) is 3.02. The van der Waals surface area contributed by atoms with Crippen LogP contribution in [0.3, 0.4) is 0 Å². The summed E-state index contributed by atoms with van der Waals surface area (Å²) in [6.45, 7) is 1.28. The zero-order valence-electron chi connectivity index (χ0n) is 10.9. The normalized spacial score (nSPS) is 10.8. The summed E-state index contributed by atoms with van der Waals surface area (Å²) < 4.78 is 6.75. The van der Waals surface area contributed by atoms with Gasteiger partial charge in [0.15, 0.2) is 0 Å². The number of nitrogens with one attached hydrogen (secondary N) is 1. The Morgan fingerprint density at radius 3 is 3.00 bits per heavy atom. The van der Waals surface area contributed by atoms with Gasteiger partial charge in [0.25, 0.3) is 0 Å². The molecule has 0 aliphatic rings. The first-order valence-corrected chi connectivity index (χ1v) is 6.19. The molecular weight excluding hydrogens is 244 g/mol. The zero-order valence-corrected chi connectivity index (χ0v) is 10.9. The smallest absolute Gasteiger partial charge is 0.240 e. The van der Waals surface area contributed by atoms with Gasteiger partial charge >= 0.3 is 0 Å². The molecule has 5 heteroatoms. The molecule has 0 atom stereocenters. The highest BCUT2D eigenvalue weighted by atomic mass is 16.5. The lowest BCUT2D eigenvalue weighted by Crippen LogP contribution is -2.30. The second kappa shape index (κ2) is 6.36. The molecular formula is C14H18N2O3. The van der Waals surface area contributed by atoms with Crippen molar-refractivity contribution in [2.24, 2.45) is 0 Å². The summed E-state index contributed by atoms with van der Waals surface area (Å²) in [5, 5.41) is 13.0. The fourth-order valence-corrected chi connectivity index (χ4v) is 2.07. The molecule has 0 aliphatic carbocycles. The first kappa shape index (κ1) is 13.6. The molecule has 0 unspecified atom stereocenters. The molecule has 19 heavy (non-hydrogen) atoms. The molecule has 1 amide bonds. The van der Waals surface area contributed by atoms with Gasteiger partial charge in [-0.05, 0) is 17.7 Å². The lowest BCUT2D eigenvalue weighted by molar-refractivity contribution is -0.121. The highest BCUT2D eigenvalue weighted by molar-refractivity contribution is 5.85. The van der Waals surface area contributed by atoms with E-state index in [0.29, 0.717) is 13.2 Å². The van der Waals surface area contributed by atoms with Crippen LogP contribution in [0.4, 0.5) is 0 Å². The number of ether oxygens (including phenoxy) is 1. The van der Waals surface area contributed by atoms with Crippen LogP contribution in [0.5, 0.6) is 0 Å². The van der Waals surface area contributed by atoms with Crippen LogP contribution in [0.2, 0.25) is 0 Å². The summed E-state index contributed by atoms with van der Waals surface area (Å²) in [5.74, 6) is -0.0519. The fourth-order valence-electron chi connectivity index (χ4n) is 2.07. The maximum atomic E-state index is 11.7. The average molecular weight is 262 g/mol. The molecule has 0 saturated carbocycles. The van der Waals surface area contributed by atoms with Gasteiger partial charge in [-0.2, -0.15) is 0 Å². The molecule has 2 aromatic rings. The summed E-state index contributed by atoms with van der Waals surface area (Å²) >= 11 is 0. The average Bonchev–Trinajstić information content (AvgIpc) is 2.82. The Kier molecular flexibility index (Phi) is 4.54. The maximum absolute atomic E-state index is 11.7. The van der Waals surface area contributed by atoms with Crippen molar-refractivity contribution in [2.45, 2.75) is 13.2 Å². The number of carbonyl (C=O) groups is 1. The first-order valence-electron chi connectivity index (χ1n) is 6.19. The number of methoxy groups -OCH3 is 1. The molecule has 0 saturated heterocycles. The van der Waals surface area contributed by atoms with E-state index >= 15 is 0 Å². The van der Waals surface area contributed by atoms with Crippen molar-refractivity contribution in [1.82, 2.24) is 9.88 Å². The van der Waals surface area contributed by atoms with E-state index in [0.717, 1.165) is 16.5 Å². The number of hydrogen-bond acceptors (Lipinski definition) is 3. The van der Waals surface area contributed by atoms with Gasteiger partial charge in [0, 0.05) is 30.8 Å². The fraction of sp³-hybridized carbons (Fsp3) is 0.357. The molecule has 0 fully saturated rings. The van der Waals surface area contributed by atoms with E-state index in [1.807, 2.05) is 35.0 Å². The number of aliphatic hydroxyl groups is 1. The van der Waals surface area contributed by atoms with Crippen molar-refractivity contribution in [3.8, 4) is 0 Å². The molecule has 0 bridgehead atoms. The first-order chi connectivity index (χ1) is 9.26. The highest BCUT2D eigenvalue weighted by Crippen LogP contribution is 2.20. The minimum Gasteiger partial charge on any atom is -0.392 e. The van der Waals surface area contributed by atoms with Gasteiger partial charge < -0.3 is 19.7 Å². The van der Waals surface area contributed by atoms with Crippen LogP contribution in [-0.2, 0) is 22.7 Å². The Hall–Kier alpha value is -1.85. The van der Waals surface area contributed by atoms with E-state index in [9.17, 15) is 9.90 Å². The van der Waals surface area contributed by atoms with E-state index in [-0.39, 0.29) is 19.1 Å². The van der Waals surface area contributed by atoms with Crippen molar-refractivity contribution < 1.29 is 14.6 Å². The molecule has 0 spiro atoms. The Labute approximate surface area is 111 Å². The van der Waals surface area contributed by atoms with Crippen LogP contribution >= 0.6 is 0 Å². The number of aromatic nitrogens is 1. The monoisotopic (exact) mass is 262 g/mol. The van der Waals surface area contributed by atoms with Gasteiger partial charge in [-0.1, -0.05) is 12.1 Å². The minimum absolute atomic E-state index is 0.00138. The largest absolute Gasteiger partial charge is 0.392 e. The van der Waals surface area contributed by atoms with Gasteiger partial charge in [-0.25, -0.2) is 0 Å². The number of fused-ring (bicyclic) bond motifs is 1. The third-order valence-corrected chi connectivity index (χ3v) is 3.02. The molecule has 5 nitrogen and oxygen atoms in total. The van der Waals surface area contributed by atoms with Crippen LogP contribution in [-0.4, -0.2) is 35.8 Å². The number of carbonyl (C=O) groups excluding carboxylic acids is 1. The number of benzene rings is 1. The molecule has 2 N–H and O–H groups in total. The summed E-state index contributed by atoms with van der Waals surface area (Å²) in [5.41, 5.74) is 1.82. The Morgan fingerprint density at radius 1 is 1.42 bits per heavy atom. The Morgan fingerprint density at radius 2 is 2.26 bits per heavy atom. The summed E-state index contributed by atoms with van der Waals surface area (Å²) in [6, 6.07) is 7.62. The summed E-state index contributed by atoms with van der Waals surface area (Å²) in [4.78, 5) is 11.7. The van der Waals surface area contributed by atoms with E-state index in [4.69, 9.17) is 4.74 Å². The molecule has 2 rings (SSSR count). The predicted octanol–water partition coefficient (Wildman–Crippen LogP) is 0.896. The van der Waals surface area contributed by atoms with Crippen molar-refractivity contribution in [1.29, 1.82) is 0 Å². The quantitative estimate of drug-likeness (QED) is 0.760. The highest BCUT2D eigenvalue weighted by Gasteiger charge is 2.07. The number of amides is 1. The van der Waals surface area contributed by atoms with Crippen LogP contribution < -0.4 is 5.32 Å². The molecule has 1 aromatic heterocycles. The van der Waals surface area contributed by atoms with Crippen LogP contribution in [0.1, 0.15) is 5.56 Å². The predicted molar refractivity (Wildman–Crippen MR) is 72.7 cm³/mol. The SMILES string of the molecule is COCCNC(=O)Cn1ccc2c(CO)cccc21. The van der Waals surface area contributed by atoms with Crippen LogP contribution in [0.25, 0.3) is 10.9 Å². The van der Waals surface area contributed by atoms with E-state index in [1.54, 1.807) is 7.11 Å². The van der Waals surface area contributed by atoms with Gasteiger partial charge in [0.2, 0.25) is 5.91 Å². The van der Waals surface area contributed by atoms with Crippen molar-refractivity contribution >= 4 is 16.8 Å². The number of rotatable bonds is 6. The van der Waals surface area contributed by atoms with Crippen LogP contribution in [0, 0.1) is 0 Å². The maximum Gasteiger partial charge on any atom is 0.240 e. The third kappa shape index (κ3) is 3.13. The lowest BCUT2D eigenvalue weighted by Gasteiger charge is -2.07. The zero-order chi connectivity index (χ0) is 13.7. The van der Waals surface area contributed by atoms with Crippen LogP contribution in [0.15, 0.2) is 30.5 Å². The minimum atomic E-state index is -0.0519. The van der Waals surface area contributed by atoms with Crippen molar-refractivity contribution in [2.75, 3.05) is 20.3 Å². The summed E-state index contributed by atoms with van der Waals surface area (Å²) in [7, 11) is 1.60. The van der Waals surface area contributed by atoms with E-state index < -0.39 is 0 Å². The topological polar surface area (TPSA) is 63.5 Å². The Bertz CT molecular complexity index is 563. The Balaban J connectivity index is 2.11. The van der Waals surface area contributed by atoms with Gasteiger partial charge in [0.1, 0.15) is 6.54 Å². The molecule has 0 radical (unpaired) electrons. The number of aliphatic hydroxyl groups excluding tert-OH is 1. The van der Waals surface area contributed by atoms with Gasteiger partial charge in [-0.3, -0.25) is 4.79 Å². The van der Waals surface area contributed by atoms with Crippen molar-refractivity contribution in [3.05, 3.63) is 36.0 Å². The molecule has 1 heterocycles. The van der Waals surface area contributed by atoms with E-state index in [2.05, 4.69) is 5.32 Å². The van der Waals surface area contributed by atoms with E-state index in [1.165, 1.54) is 0 Å². The number of nitrogens with zero attached hydrogens (tertiary/aromatic N) is 1. The second-order valence-electron chi connectivity index (χ2n) is 4.29. The van der Waals surface area contributed by atoms with Gasteiger partial charge in [-0.15, -0.1) is 0 Å². The second-order valence-corrected chi connectivity index (χ2v) is 4.29. The standard InChI is InChI=1S/C14H18N2O3/c1-19-8-6-15-14(18)9-16-7-5-12-11(10-17)3-2-4-13(12)16/h2-5,7,17H,6,8-10H2,1H3,(H,15,18). The molecule has 1 aromatic carbocycles. The van der Waals surface area contributed by atoms with Crippen molar-refractivity contribution in [3.63, 3.8) is 0 Å². The summed E-state index contributed by atoms with van der Waals surface area (Å²) in [6.07, 6.45) is 1.86. The number of hydrogen-bond donors (Lipinski definition) is 2. The molecule has 102 valence electrons. The molecule has 0 aliphatic heterocycles.